The van der Waals surface area contributed by atoms with Crippen LogP contribution in [0.1, 0.15) is 51.0 Å². The summed E-state index contributed by atoms with van der Waals surface area (Å²) in [6.07, 6.45) is 11.5. The fraction of sp³-hybridized carbons (Fsp3) is 0.542. The lowest BCUT2D eigenvalue weighted by atomic mass is 9.88. The predicted octanol–water partition coefficient (Wildman–Crippen LogP) is 3.87. The van der Waals surface area contributed by atoms with Gasteiger partial charge in [-0.25, -0.2) is 14.4 Å². The Kier molecular flexibility index (Phi) is 9.52. The Hall–Kier alpha value is -2.17. The summed E-state index contributed by atoms with van der Waals surface area (Å²) in [6.45, 7) is 4.64. The summed E-state index contributed by atoms with van der Waals surface area (Å²) in [5.41, 5.74) is 1.26. The molecule has 0 bridgehead atoms. The Bertz CT molecular complexity index is 929. The van der Waals surface area contributed by atoms with E-state index in [9.17, 15) is 9.18 Å². The molecule has 1 saturated heterocycles. The van der Waals surface area contributed by atoms with Crippen LogP contribution in [0.3, 0.4) is 0 Å². The van der Waals surface area contributed by atoms with Crippen LogP contribution in [0.15, 0.2) is 41.9 Å². The lowest BCUT2D eigenvalue weighted by Crippen LogP contribution is -2.45. The Labute approximate surface area is 212 Å². The van der Waals surface area contributed by atoms with Gasteiger partial charge >= 0.3 is 0 Å². The number of hydrogen-bond acceptors (Lipinski definition) is 3. The molecule has 1 atom stereocenters. The minimum atomic E-state index is -0.304. The zero-order chi connectivity index (χ0) is 22.3. The van der Waals surface area contributed by atoms with Gasteiger partial charge in [-0.1, -0.05) is 25.3 Å². The van der Waals surface area contributed by atoms with Crippen molar-refractivity contribution in [3.63, 3.8) is 0 Å². The maximum atomic E-state index is 14.5. The van der Waals surface area contributed by atoms with E-state index >= 15 is 0 Å². The number of carbonyl (C=O) groups excluding carboxylic acids is 1. The molecule has 2 aliphatic rings. The second-order valence-electron chi connectivity index (χ2n) is 8.70. The summed E-state index contributed by atoms with van der Waals surface area (Å²) < 4.78 is 16.2. The quantitative estimate of drug-likeness (QED) is 0.316. The smallest absolute Gasteiger partial charge is 0.225 e. The molecule has 1 saturated carbocycles. The van der Waals surface area contributed by atoms with Crippen molar-refractivity contribution in [3.05, 3.63) is 48.3 Å². The average molecular weight is 568 g/mol. The molecule has 2 N–H and O–H groups in total. The van der Waals surface area contributed by atoms with Crippen LogP contribution in [0.5, 0.6) is 0 Å². The maximum Gasteiger partial charge on any atom is 0.225 e. The third kappa shape index (κ3) is 6.68. The maximum absolute atomic E-state index is 14.5. The molecular weight excluding hydrogens is 534 g/mol. The summed E-state index contributed by atoms with van der Waals surface area (Å²) in [7, 11) is 0. The lowest BCUT2D eigenvalue weighted by molar-refractivity contribution is -0.135. The predicted molar refractivity (Wildman–Crippen MR) is 138 cm³/mol. The number of carbonyl (C=O) groups is 1. The van der Waals surface area contributed by atoms with Gasteiger partial charge in [0, 0.05) is 44.0 Å². The van der Waals surface area contributed by atoms with E-state index < -0.39 is 0 Å². The molecule has 33 heavy (non-hydrogen) atoms. The molecule has 1 aromatic carbocycles. The third-order valence-electron chi connectivity index (χ3n) is 6.35. The zero-order valence-electron chi connectivity index (χ0n) is 19.2. The number of guanidine groups is 1. The molecule has 4 rings (SSSR count). The summed E-state index contributed by atoms with van der Waals surface area (Å²) in [5.74, 6) is 0.930. The number of imidazole rings is 1. The number of amides is 1. The Morgan fingerprint density at radius 2 is 2.06 bits per heavy atom. The molecule has 2 heterocycles. The number of nitrogens with one attached hydrogen (secondary N) is 2. The number of likely N-dealkylation sites (tertiary alicyclic amines) is 1. The summed E-state index contributed by atoms with van der Waals surface area (Å²) in [4.78, 5) is 23.5. The SMILES string of the molecule is CCNC(=NCc1ccc(-n2ccnc2)c(F)c1)NC1CCN(C(=O)C2CCCCC2)C1.I. The van der Waals surface area contributed by atoms with Crippen LogP contribution in [0.4, 0.5) is 4.39 Å². The molecular formula is C24H34FIN6O. The van der Waals surface area contributed by atoms with E-state index in [4.69, 9.17) is 0 Å². The van der Waals surface area contributed by atoms with E-state index in [1.54, 1.807) is 29.4 Å². The van der Waals surface area contributed by atoms with Gasteiger partial charge in [0.2, 0.25) is 5.91 Å². The Balaban J connectivity index is 0.00000306. The Morgan fingerprint density at radius 1 is 1.24 bits per heavy atom. The highest BCUT2D eigenvalue weighted by molar-refractivity contribution is 14.0. The van der Waals surface area contributed by atoms with Crippen molar-refractivity contribution in [2.45, 2.75) is 58.0 Å². The van der Waals surface area contributed by atoms with Crippen molar-refractivity contribution >= 4 is 35.8 Å². The van der Waals surface area contributed by atoms with E-state index in [-0.39, 0.29) is 41.8 Å². The standard InChI is InChI=1S/C24H33FN6O.HI/c1-2-27-24(28-15-18-8-9-22(21(25)14-18)31-13-11-26-17-31)29-20-10-12-30(16-20)23(32)19-6-4-3-5-7-19;/h8-9,11,13-14,17,19-20H,2-7,10,12,15-16H2,1H3,(H2,27,28,29);1H. The fourth-order valence-corrected chi connectivity index (χ4v) is 4.63. The van der Waals surface area contributed by atoms with Crippen molar-refractivity contribution in [3.8, 4) is 5.69 Å². The average Bonchev–Trinajstić information content (AvgIpc) is 3.50. The number of aliphatic imine (C=N–C) groups is 1. The fourth-order valence-electron chi connectivity index (χ4n) is 4.63. The van der Waals surface area contributed by atoms with Gasteiger partial charge in [0.1, 0.15) is 5.82 Å². The summed E-state index contributed by atoms with van der Waals surface area (Å²) in [5, 5.41) is 6.73. The minimum Gasteiger partial charge on any atom is -0.357 e. The number of nitrogens with zero attached hydrogens (tertiary/aromatic N) is 4. The van der Waals surface area contributed by atoms with Crippen LogP contribution in [0, 0.1) is 11.7 Å². The van der Waals surface area contributed by atoms with Crippen molar-refractivity contribution in [2.24, 2.45) is 10.9 Å². The summed E-state index contributed by atoms with van der Waals surface area (Å²) in [6, 6.07) is 5.32. The van der Waals surface area contributed by atoms with Gasteiger partial charge in [0.15, 0.2) is 5.96 Å². The van der Waals surface area contributed by atoms with Gasteiger partial charge in [-0.2, -0.15) is 0 Å². The van der Waals surface area contributed by atoms with Gasteiger partial charge in [-0.15, -0.1) is 24.0 Å². The van der Waals surface area contributed by atoms with Gasteiger partial charge in [-0.05, 0) is 43.9 Å². The molecule has 1 aliphatic heterocycles. The highest BCUT2D eigenvalue weighted by Crippen LogP contribution is 2.26. The van der Waals surface area contributed by atoms with Gasteiger partial charge in [0.05, 0.1) is 18.6 Å². The second-order valence-corrected chi connectivity index (χ2v) is 8.70. The third-order valence-corrected chi connectivity index (χ3v) is 6.35. The molecule has 180 valence electrons. The molecule has 2 fully saturated rings. The number of halogens is 2. The molecule has 0 spiro atoms. The topological polar surface area (TPSA) is 74.6 Å². The highest BCUT2D eigenvalue weighted by Gasteiger charge is 2.31. The van der Waals surface area contributed by atoms with Crippen LogP contribution in [0.25, 0.3) is 5.69 Å². The van der Waals surface area contributed by atoms with Crippen molar-refractivity contribution in [1.29, 1.82) is 0 Å². The second kappa shape index (κ2) is 12.3. The van der Waals surface area contributed by atoms with Gasteiger partial charge < -0.3 is 20.1 Å². The van der Waals surface area contributed by atoms with Gasteiger partial charge in [-0.3, -0.25) is 4.79 Å². The molecule has 7 nitrogen and oxygen atoms in total. The van der Waals surface area contributed by atoms with E-state index in [2.05, 4.69) is 20.6 Å². The normalized spacial score (nSPS) is 19.3. The molecule has 0 radical (unpaired) electrons. The number of rotatable bonds is 6. The molecule has 1 aliphatic carbocycles. The molecule has 2 aromatic rings. The van der Waals surface area contributed by atoms with E-state index in [0.29, 0.717) is 30.6 Å². The molecule has 1 unspecified atom stereocenters. The molecule has 1 aromatic heterocycles. The van der Waals surface area contributed by atoms with Gasteiger partial charge in [0.25, 0.3) is 0 Å². The monoisotopic (exact) mass is 568 g/mol. The van der Waals surface area contributed by atoms with Crippen molar-refractivity contribution < 1.29 is 9.18 Å². The first kappa shape index (κ1) is 25.5. The first-order valence-corrected chi connectivity index (χ1v) is 11.7. The van der Waals surface area contributed by atoms with E-state index in [1.807, 2.05) is 17.9 Å². The minimum absolute atomic E-state index is 0. The number of hydrogen-bond donors (Lipinski definition) is 2. The van der Waals surface area contributed by atoms with Crippen LogP contribution >= 0.6 is 24.0 Å². The lowest BCUT2D eigenvalue weighted by Gasteiger charge is -2.26. The largest absolute Gasteiger partial charge is 0.357 e. The molecule has 9 heteroatoms. The van der Waals surface area contributed by atoms with Crippen molar-refractivity contribution in [2.75, 3.05) is 19.6 Å². The number of benzene rings is 1. The van der Waals surface area contributed by atoms with Crippen LogP contribution < -0.4 is 10.6 Å². The van der Waals surface area contributed by atoms with Crippen LogP contribution in [0.2, 0.25) is 0 Å². The number of aromatic nitrogens is 2. The Morgan fingerprint density at radius 3 is 2.76 bits per heavy atom. The first-order chi connectivity index (χ1) is 15.6. The highest BCUT2D eigenvalue weighted by atomic mass is 127. The first-order valence-electron chi connectivity index (χ1n) is 11.7. The molecule has 1 amide bonds. The van der Waals surface area contributed by atoms with Crippen LogP contribution in [-0.2, 0) is 11.3 Å². The van der Waals surface area contributed by atoms with Crippen molar-refractivity contribution in [1.82, 2.24) is 25.1 Å². The van der Waals surface area contributed by atoms with E-state index in [1.165, 1.54) is 25.3 Å². The van der Waals surface area contributed by atoms with Crippen LogP contribution in [-0.4, -0.2) is 52.0 Å². The zero-order valence-corrected chi connectivity index (χ0v) is 21.5. The summed E-state index contributed by atoms with van der Waals surface area (Å²) >= 11 is 0. The van der Waals surface area contributed by atoms with E-state index in [0.717, 1.165) is 37.9 Å².